The maximum Gasteiger partial charge on any atom is 0.243 e. The summed E-state index contributed by atoms with van der Waals surface area (Å²) in [7, 11) is 0. The molecule has 2 aromatic heterocycles. The van der Waals surface area contributed by atoms with E-state index in [2.05, 4.69) is 33.3 Å². The molecule has 2 aromatic rings. The molecule has 0 radical (unpaired) electrons. The van der Waals surface area contributed by atoms with Gasteiger partial charge in [0.1, 0.15) is 0 Å². The summed E-state index contributed by atoms with van der Waals surface area (Å²) in [5.41, 5.74) is 2.04. The lowest BCUT2D eigenvalue weighted by Gasteiger charge is -2.20. The van der Waals surface area contributed by atoms with Crippen LogP contribution in [0, 0.1) is 6.92 Å². The molecule has 0 spiro atoms. The third-order valence-corrected chi connectivity index (χ3v) is 4.47. The van der Waals surface area contributed by atoms with Gasteiger partial charge in [-0.1, -0.05) is 6.07 Å². The normalized spacial score (nSPS) is 27.0. The molecule has 0 aromatic carbocycles. The SMILES string of the molecule is Cc1cccc2nc(NC3CCN4CCCC34)nn12. The van der Waals surface area contributed by atoms with E-state index in [1.807, 2.05) is 16.6 Å². The van der Waals surface area contributed by atoms with Gasteiger partial charge in [0.25, 0.3) is 0 Å². The first-order valence-corrected chi connectivity index (χ1v) is 7.14. The van der Waals surface area contributed by atoms with Gasteiger partial charge in [0, 0.05) is 24.3 Å². The van der Waals surface area contributed by atoms with Crippen molar-refractivity contribution >= 4 is 11.6 Å². The van der Waals surface area contributed by atoms with Crippen molar-refractivity contribution in [1.82, 2.24) is 19.5 Å². The van der Waals surface area contributed by atoms with Crippen LogP contribution in [0.2, 0.25) is 0 Å². The molecule has 0 saturated carbocycles. The zero-order valence-electron chi connectivity index (χ0n) is 11.2. The molecular formula is C14H19N5. The second-order valence-electron chi connectivity index (χ2n) is 5.66. The highest BCUT2D eigenvalue weighted by molar-refractivity contribution is 5.45. The topological polar surface area (TPSA) is 45.5 Å². The van der Waals surface area contributed by atoms with E-state index in [0.717, 1.165) is 17.3 Å². The fourth-order valence-corrected chi connectivity index (χ4v) is 3.51. The Bertz CT molecular complexity index is 605. The van der Waals surface area contributed by atoms with Crippen LogP contribution in [0.15, 0.2) is 18.2 Å². The van der Waals surface area contributed by atoms with E-state index < -0.39 is 0 Å². The first-order chi connectivity index (χ1) is 9.31. The van der Waals surface area contributed by atoms with Crippen molar-refractivity contribution in [2.45, 2.75) is 38.3 Å². The van der Waals surface area contributed by atoms with Crippen LogP contribution < -0.4 is 5.32 Å². The lowest BCUT2D eigenvalue weighted by atomic mass is 10.1. The van der Waals surface area contributed by atoms with E-state index >= 15 is 0 Å². The molecule has 4 heterocycles. The van der Waals surface area contributed by atoms with Crippen LogP contribution in [-0.4, -0.2) is 44.7 Å². The molecule has 0 aliphatic carbocycles. The molecule has 2 atom stereocenters. The third kappa shape index (κ3) is 1.80. The summed E-state index contributed by atoms with van der Waals surface area (Å²) < 4.78 is 1.91. The van der Waals surface area contributed by atoms with Gasteiger partial charge in [-0.25, -0.2) is 4.52 Å². The highest BCUT2D eigenvalue weighted by atomic mass is 15.4. The molecule has 100 valence electrons. The monoisotopic (exact) mass is 257 g/mol. The van der Waals surface area contributed by atoms with Gasteiger partial charge in [0.15, 0.2) is 5.65 Å². The van der Waals surface area contributed by atoms with E-state index in [1.54, 1.807) is 0 Å². The first-order valence-electron chi connectivity index (χ1n) is 7.14. The molecule has 2 fully saturated rings. The van der Waals surface area contributed by atoms with Gasteiger partial charge in [-0.3, -0.25) is 4.90 Å². The lowest BCUT2D eigenvalue weighted by Crippen LogP contribution is -2.34. The van der Waals surface area contributed by atoms with Gasteiger partial charge < -0.3 is 5.32 Å². The van der Waals surface area contributed by atoms with Crippen molar-refractivity contribution in [1.29, 1.82) is 0 Å². The molecule has 19 heavy (non-hydrogen) atoms. The molecule has 5 heteroatoms. The van der Waals surface area contributed by atoms with Gasteiger partial charge >= 0.3 is 0 Å². The van der Waals surface area contributed by atoms with Crippen molar-refractivity contribution < 1.29 is 0 Å². The van der Waals surface area contributed by atoms with Crippen LogP contribution in [0.1, 0.15) is 25.0 Å². The van der Waals surface area contributed by atoms with Crippen LogP contribution >= 0.6 is 0 Å². The Hall–Kier alpha value is -1.62. The minimum atomic E-state index is 0.514. The summed E-state index contributed by atoms with van der Waals surface area (Å²) in [4.78, 5) is 7.17. The molecule has 2 aliphatic rings. The van der Waals surface area contributed by atoms with Crippen molar-refractivity contribution in [3.05, 3.63) is 23.9 Å². The Labute approximate surface area is 112 Å². The fourth-order valence-electron chi connectivity index (χ4n) is 3.51. The second kappa shape index (κ2) is 4.20. The zero-order valence-corrected chi connectivity index (χ0v) is 11.2. The fraction of sp³-hybridized carbons (Fsp3) is 0.571. The summed E-state index contributed by atoms with van der Waals surface area (Å²) >= 11 is 0. The first kappa shape index (κ1) is 11.2. The average Bonchev–Trinajstić information content (AvgIpc) is 3.07. The number of aryl methyl sites for hydroxylation is 1. The van der Waals surface area contributed by atoms with Crippen LogP contribution in [-0.2, 0) is 0 Å². The second-order valence-corrected chi connectivity index (χ2v) is 5.66. The smallest absolute Gasteiger partial charge is 0.243 e. The maximum atomic E-state index is 4.57. The predicted molar refractivity (Wildman–Crippen MR) is 74.3 cm³/mol. The van der Waals surface area contributed by atoms with Gasteiger partial charge in [-0.15, -0.1) is 5.10 Å². The predicted octanol–water partition coefficient (Wildman–Crippen LogP) is 1.69. The Balaban J connectivity index is 1.60. The molecule has 1 N–H and O–H groups in total. The van der Waals surface area contributed by atoms with Crippen molar-refractivity contribution in [3.8, 4) is 0 Å². The maximum absolute atomic E-state index is 4.57. The number of aromatic nitrogens is 3. The summed E-state index contributed by atoms with van der Waals surface area (Å²) in [6, 6.07) is 7.28. The highest BCUT2D eigenvalue weighted by Gasteiger charge is 2.37. The van der Waals surface area contributed by atoms with Crippen LogP contribution in [0.25, 0.3) is 5.65 Å². The number of hydrogen-bond acceptors (Lipinski definition) is 4. The van der Waals surface area contributed by atoms with Gasteiger partial charge in [-0.2, -0.15) is 4.98 Å². The Kier molecular flexibility index (Phi) is 2.48. The van der Waals surface area contributed by atoms with E-state index in [4.69, 9.17) is 0 Å². The molecule has 4 rings (SSSR count). The number of fused-ring (bicyclic) bond motifs is 2. The number of rotatable bonds is 2. The van der Waals surface area contributed by atoms with Gasteiger partial charge in [-0.05, 0) is 44.9 Å². The number of anilines is 1. The number of nitrogens with one attached hydrogen (secondary N) is 1. The quantitative estimate of drug-likeness (QED) is 0.889. The Morgan fingerprint density at radius 1 is 1.26 bits per heavy atom. The van der Waals surface area contributed by atoms with Crippen LogP contribution in [0.5, 0.6) is 0 Å². The number of nitrogens with zero attached hydrogens (tertiary/aromatic N) is 4. The third-order valence-electron chi connectivity index (χ3n) is 4.47. The van der Waals surface area contributed by atoms with Crippen LogP contribution in [0.4, 0.5) is 5.95 Å². The zero-order chi connectivity index (χ0) is 12.8. The minimum absolute atomic E-state index is 0.514. The summed E-state index contributed by atoms with van der Waals surface area (Å²) in [6.07, 6.45) is 3.85. The summed E-state index contributed by atoms with van der Waals surface area (Å²) in [6.45, 7) is 4.54. The van der Waals surface area contributed by atoms with Gasteiger partial charge in [0.2, 0.25) is 5.95 Å². The molecule has 2 saturated heterocycles. The average molecular weight is 257 g/mol. The molecule has 0 bridgehead atoms. The van der Waals surface area contributed by atoms with Crippen molar-refractivity contribution in [2.24, 2.45) is 0 Å². The van der Waals surface area contributed by atoms with Gasteiger partial charge in [0.05, 0.1) is 0 Å². The van der Waals surface area contributed by atoms with Crippen molar-refractivity contribution in [3.63, 3.8) is 0 Å². The molecule has 2 unspecified atom stereocenters. The number of hydrogen-bond donors (Lipinski definition) is 1. The summed E-state index contributed by atoms with van der Waals surface area (Å²) in [5.74, 6) is 0.771. The highest BCUT2D eigenvalue weighted by Crippen LogP contribution is 2.29. The van der Waals surface area contributed by atoms with E-state index in [-0.39, 0.29) is 0 Å². The summed E-state index contributed by atoms with van der Waals surface area (Å²) in [5, 5.41) is 8.11. The minimum Gasteiger partial charge on any atom is -0.349 e. The standard InChI is InChI=1S/C14H19N5/c1-10-4-2-6-13-16-14(17-19(10)13)15-11-7-9-18-8-3-5-12(11)18/h2,4,6,11-12H,3,5,7-9H2,1H3,(H,15,17). The Morgan fingerprint density at radius 3 is 3.11 bits per heavy atom. The van der Waals surface area contributed by atoms with Crippen LogP contribution in [0.3, 0.4) is 0 Å². The van der Waals surface area contributed by atoms with E-state index in [1.165, 1.54) is 32.4 Å². The molecule has 5 nitrogen and oxygen atoms in total. The lowest BCUT2D eigenvalue weighted by molar-refractivity contribution is 0.318. The van der Waals surface area contributed by atoms with E-state index in [0.29, 0.717) is 12.1 Å². The van der Waals surface area contributed by atoms with E-state index in [9.17, 15) is 0 Å². The molecule has 2 aliphatic heterocycles. The largest absolute Gasteiger partial charge is 0.349 e. The van der Waals surface area contributed by atoms with Crippen molar-refractivity contribution in [2.75, 3.05) is 18.4 Å². The molecule has 0 amide bonds. The molecular weight excluding hydrogens is 238 g/mol. The Morgan fingerprint density at radius 2 is 2.21 bits per heavy atom. The number of pyridine rings is 1.